The average Bonchev–Trinajstić information content (AvgIpc) is 2.97. The summed E-state index contributed by atoms with van der Waals surface area (Å²) < 4.78 is 0.431. The standard InChI is InChI=1S/C22H28N2O3S2/c1-15(2)19(21(27)23-12-7-6-10-17(23)11-13-25)24-20(26)18(29-22(24)28)14-16-8-4-3-5-9-16/h3-5,8-9,14-15,17,19,25H,6-7,10-13H2,1-2H3. The van der Waals surface area contributed by atoms with Crippen molar-refractivity contribution in [3.8, 4) is 0 Å². The van der Waals surface area contributed by atoms with E-state index in [0.29, 0.717) is 22.2 Å². The van der Waals surface area contributed by atoms with Crippen LogP contribution in [0, 0.1) is 5.92 Å². The van der Waals surface area contributed by atoms with Crippen LogP contribution in [-0.4, -0.2) is 56.3 Å². The van der Waals surface area contributed by atoms with Gasteiger partial charge < -0.3 is 10.0 Å². The third-order valence-corrected chi connectivity index (χ3v) is 6.79. The molecule has 5 nitrogen and oxygen atoms in total. The monoisotopic (exact) mass is 432 g/mol. The lowest BCUT2D eigenvalue weighted by Crippen LogP contribution is -2.56. The van der Waals surface area contributed by atoms with Crippen molar-refractivity contribution in [2.75, 3.05) is 13.2 Å². The van der Waals surface area contributed by atoms with E-state index in [9.17, 15) is 14.7 Å². The predicted molar refractivity (Wildman–Crippen MR) is 121 cm³/mol. The normalized spacial score (nSPS) is 22.6. The number of aliphatic hydroxyl groups excluding tert-OH is 1. The molecule has 7 heteroatoms. The molecule has 2 aliphatic heterocycles. The van der Waals surface area contributed by atoms with E-state index >= 15 is 0 Å². The van der Waals surface area contributed by atoms with Gasteiger partial charge in [-0.05, 0) is 43.2 Å². The predicted octanol–water partition coefficient (Wildman–Crippen LogP) is 3.68. The zero-order valence-electron chi connectivity index (χ0n) is 16.9. The number of aliphatic hydroxyl groups is 1. The number of piperidine rings is 1. The van der Waals surface area contributed by atoms with Gasteiger partial charge in [-0.2, -0.15) is 0 Å². The number of benzene rings is 1. The highest BCUT2D eigenvalue weighted by molar-refractivity contribution is 8.26. The lowest BCUT2D eigenvalue weighted by Gasteiger charge is -2.40. The van der Waals surface area contributed by atoms with Crippen molar-refractivity contribution in [3.63, 3.8) is 0 Å². The van der Waals surface area contributed by atoms with Crippen LogP contribution in [0.25, 0.3) is 6.08 Å². The first kappa shape index (κ1) is 22.0. The molecule has 1 aromatic rings. The molecule has 3 rings (SSSR count). The van der Waals surface area contributed by atoms with Gasteiger partial charge >= 0.3 is 0 Å². The topological polar surface area (TPSA) is 60.9 Å². The summed E-state index contributed by atoms with van der Waals surface area (Å²) in [7, 11) is 0. The van der Waals surface area contributed by atoms with Crippen LogP contribution < -0.4 is 0 Å². The zero-order valence-corrected chi connectivity index (χ0v) is 18.5. The number of carbonyl (C=O) groups excluding carboxylic acids is 2. The van der Waals surface area contributed by atoms with E-state index in [1.54, 1.807) is 0 Å². The first-order chi connectivity index (χ1) is 13.9. The van der Waals surface area contributed by atoms with Gasteiger partial charge in [0.15, 0.2) is 0 Å². The number of carbonyl (C=O) groups is 2. The minimum absolute atomic E-state index is 0.0285. The molecule has 2 aliphatic rings. The maximum absolute atomic E-state index is 13.5. The van der Waals surface area contributed by atoms with Gasteiger partial charge in [-0.15, -0.1) is 0 Å². The Labute approximate surface area is 182 Å². The summed E-state index contributed by atoms with van der Waals surface area (Å²) in [6, 6.07) is 9.05. The highest BCUT2D eigenvalue weighted by Crippen LogP contribution is 2.36. The Morgan fingerprint density at radius 3 is 2.69 bits per heavy atom. The van der Waals surface area contributed by atoms with E-state index in [1.807, 2.05) is 55.2 Å². The van der Waals surface area contributed by atoms with Crippen LogP contribution in [0.1, 0.15) is 45.1 Å². The summed E-state index contributed by atoms with van der Waals surface area (Å²) in [4.78, 5) is 30.6. The molecule has 2 fully saturated rings. The fourth-order valence-corrected chi connectivity index (χ4v) is 5.35. The van der Waals surface area contributed by atoms with E-state index < -0.39 is 6.04 Å². The molecule has 156 valence electrons. The summed E-state index contributed by atoms with van der Waals surface area (Å²) in [5, 5.41) is 9.40. The Bertz CT molecular complexity index is 793. The lowest BCUT2D eigenvalue weighted by molar-refractivity contribution is -0.145. The largest absolute Gasteiger partial charge is 0.396 e. The number of amides is 2. The van der Waals surface area contributed by atoms with Gasteiger partial charge in [0, 0.05) is 19.2 Å². The Balaban J connectivity index is 1.86. The van der Waals surface area contributed by atoms with Crippen LogP contribution in [0.15, 0.2) is 35.2 Å². The molecule has 2 atom stereocenters. The second kappa shape index (κ2) is 9.87. The van der Waals surface area contributed by atoms with Crippen LogP contribution in [0.3, 0.4) is 0 Å². The molecule has 0 saturated carbocycles. The van der Waals surface area contributed by atoms with E-state index in [4.69, 9.17) is 12.2 Å². The number of thiocarbonyl (C=S) groups is 1. The van der Waals surface area contributed by atoms with Crippen molar-refractivity contribution < 1.29 is 14.7 Å². The Hall–Kier alpha value is -1.70. The molecule has 2 amide bonds. The average molecular weight is 433 g/mol. The number of nitrogens with zero attached hydrogens (tertiary/aromatic N) is 2. The molecular formula is C22H28N2O3S2. The number of likely N-dealkylation sites (tertiary alicyclic amines) is 1. The van der Waals surface area contributed by atoms with Crippen LogP contribution in [-0.2, 0) is 9.59 Å². The van der Waals surface area contributed by atoms with E-state index in [-0.39, 0.29) is 30.4 Å². The summed E-state index contributed by atoms with van der Waals surface area (Å²) in [6.45, 7) is 4.63. The van der Waals surface area contributed by atoms with Crippen molar-refractivity contribution in [3.05, 3.63) is 40.8 Å². The van der Waals surface area contributed by atoms with E-state index in [1.165, 1.54) is 16.7 Å². The number of rotatable bonds is 6. The maximum atomic E-state index is 13.5. The molecule has 0 radical (unpaired) electrons. The van der Waals surface area contributed by atoms with Gasteiger partial charge in [0.1, 0.15) is 10.4 Å². The summed E-state index contributed by atoms with van der Waals surface area (Å²) in [5.74, 6) is -0.334. The van der Waals surface area contributed by atoms with Crippen molar-refractivity contribution in [1.29, 1.82) is 0 Å². The minimum atomic E-state index is -0.622. The molecule has 2 heterocycles. The Kier molecular flexibility index (Phi) is 7.49. The van der Waals surface area contributed by atoms with Crippen molar-refractivity contribution in [1.82, 2.24) is 9.80 Å². The van der Waals surface area contributed by atoms with Gasteiger partial charge in [-0.25, -0.2) is 0 Å². The second-order valence-corrected chi connectivity index (χ2v) is 9.52. The Morgan fingerprint density at radius 1 is 1.31 bits per heavy atom. The summed E-state index contributed by atoms with van der Waals surface area (Å²) in [5.41, 5.74) is 0.930. The van der Waals surface area contributed by atoms with E-state index in [2.05, 4.69) is 0 Å². The molecule has 2 unspecified atom stereocenters. The highest BCUT2D eigenvalue weighted by Gasteiger charge is 2.44. The molecule has 2 saturated heterocycles. The second-order valence-electron chi connectivity index (χ2n) is 7.84. The Morgan fingerprint density at radius 2 is 2.03 bits per heavy atom. The highest BCUT2D eigenvalue weighted by atomic mass is 32.2. The number of hydrogen-bond donors (Lipinski definition) is 1. The first-order valence-corrected chi connectivity index (χ1v) is 11.4. The van der Waals surface area contributed by atoms with Gasteiger partial charge in [-0.1, -0.05) is 68.2 Å². The molecule has 0 bridgehead atoms. The fraction of sp³-hybridized carbons (Fsp3) is 0.500. The minimum Gasteiger partial charge on any atom is -0.396 e. The van der Waals surface area contributed by atoms with Crippen LogP contribution in [0.4, 0.5) is 0 Å². The molecule has 0 aromatic heterocycles. The van der Waals surface area contributed by atoms with Crippen LogP contribution in [0.5, 0.6) is 0 Å². The lowest BCUT2D eigenvalue weighted by atomic mass is 9.95. The SMILES string of the molecule is CC(C)C(C(=O)N1CCCCC1CCO)N1C(=O)C(=Cc2ccccc2)SC1=S. The molecule has 0 spiro atoms. The van der Waals surface area contributed by atoms with Gasteiger partial charge in [-0.3, -0.25) is 14.5 Å². The zero-order chi connectivity index (χ0) is 21.0. The number of thioether (sulfide) groups is 1. The van der Waals surface area contributed by atoms with Gasteiger partial charge in [0.2, 0.25) is 5.91 Å². The third kappa shape index (κ3) is 4.90. The molecule has 1 N–H and O–H groups in total. The van der Waals surface area contributed by atoms with Gasteiger partial charge in [0.05, 0.1) is 4.91 Å². The number of hydrogen-bond acceptors (Lipinski definition) is 5. The van der Waals surface area contributed by atoms with Gasteiger partial charge in [0.25, 0.3) is 5.91 Å². The van der Waals surface area contributed by atoms with Crippen LogP contribution in [0.2, 0.25) is 0 Å². The molecule has 29 heavy (non-hydrogen) atoms. The first-order valence-electron chi connectivity index (χ1n) is 10.2. The summed E-state index contributed by atoms with van der Waals surface area (Å²) in [6.07, 6.45) is 5.30. The quantitative estimate of drug-likeness (QED) is 0.549. The van der Waals surface area contributed by atoms with Crippen molar-refractivity contribution in [2.45, 2.75) is 51.6 Å². The third-order valence-electron chi connectivity index (χ3n) is 5.46. The summed E-state index contributed by atoms with van der Waals surface area (Å²) >= 11 is 6.78. The smallest absolute Gasteiger partial charge is 0.266 e. The fourth-order valence-electron chi connectivity index (χ4n) is 4.02. The molecule has 1 aromatic carbocycles. The van der Waals surface area contributed by atoms with E-state index in [0.717, 1.165) is 24.8 Å². The van der Waals surface area contributed by atoms with Crippen LogP contribution >= 0.6 is 24.0 Å². The molecular weight excluding hydrogens is 404 g/mol. The van der Waals surface area contributed by atoms with Crippen molar-refractivity contribution >= 4 is 46.2 Å². The maximum Gasteiger partial charge on any atom is 0.266 e. The van der Waals surface area contributed by atoms with Crippen molar-refractivity contribution in [2.24, 2.45) is 5.92 Å². The molecule has 0 aliphatic carbocycles.